The van der Waals surface area contributed by atoms with Gasteiger partial charge in [-0.05, 0) is 175 Å². The van der Waals surface area contributed by atoms with E-state index in [1.165, 1.54) is 125 Å². The molecular formula is C94H88BN3Si2. The highest BCUT2D eigenvalue weighted by atomic mass is 28.3. The molecule has 0 fully saturated rings. The van der Waals surface area contributed by atoms with Crippen molar-refractivity contribution >= 4 is 137 Å². The van der Waals surface area contributed by atoms with Crippen molar-refractivity contribution in [3.8, 4) is 5.69 Å². The van der Waals surface area contributed by atoms with Gasteiger partial charge in [0, 0.05) is 44.9 Å². The summed E-state index contributed by atoms with van der Waals surface area (Å²) >= 11 is 0. The molecule has 6 heteroatoms. The summed E-state index contributed by atoms with van der Waals surface area (Å²) in [6.45, 7) is 28.1. The first kappa shape index (κ1) is 64.4. The lowest BCUT2D eigenvalue weighted by Crippen LogP contribution is -2.74. The van der Waals surface area contributed by atoms with Gasteiger partial charge in [0.2, 0.25) is 0 Å². The van der Waals surface area contributed by atoms with Crippen LogP contribution >= 0.6 is 0 Å². The van der Waals surface area contributed by atoms with E-state index in [2.05, 4.69) is 413 Å². The number of nitrogens with zero attached hydrogens (tertiary/aromatic N) is 3. The summed E-state index contributed by atoms with van der Waals surface area (Å²) in [5.41, 5.74) is 19.2. The van der Waals surface area contributed by atoms with Crippen LogP contribution in [0.15, 0.2) is 315 Å². The minimum atomic E-state index is -3.03. The fourth-order valence-electron chi connectivity index (χ4n) is 16.7. The molecule has 0 spiro atoms. The lowest BCUT2D eigenvalue weighted by atomic mass is 9.33. The first-order valence-electron chi connectivity index (χ1n) is 35.8. The van der Waals surface area contributed by atoms with Crippen LogP contribution in [0.4, 0.5) is 34.1 Å². The second-order valence-corrected chi connectivity index (χ2v) is 39.8. The summed E-state index contributed by atoms with van der Waals surface area (Å²) in [5, 5.41) is 13.3. The Kier molecular flexibility index (Phi) is 15.7. The molecule has 1 aromatic heterocycles. The van der Waals surface area contributed by atoms with E-state index >= 15 is 0 Å². The van der Waals surface area contributed by atoms with Gasteiger partial charge in [0.1, 0.15) is 0 Å². The average molecular weight is 1330 g/mol. The van der Waals surface area contributed by atoms with Crippen LogP contribution in [0.1, 0.15) is 105 Å². The fraction of sp³-hybridized carbons (Fsp3) is 0.170. The monoisotopic (exact) mass is 1330 g/mol. The molecule has 0 unspecified atom stereocenters. The van der Waals surface area contributed by atoms with E-state index in [0.717, 1.165) is 17.1 Å². The zero-order valence-electron chi connectivity index (χ0n) is 59.9. The van der Waals surface area contributed by atoms with Crippen molar-refractivity contribution in [2.24, 2.45) is 0 Å². The highest BCUT2D eigenvalue weighted by molar-refractivity contribution is 7.20. The number of rotatable bonds is 11. The van der Waals surface area contributed by atoms with Gasteiger partial charge in [0.25, 0.3) is 6.71 Å². The van der Waals surface area contributed by atoms with E-state index in [9.17, 15) is 0 Å². The largest absolute Gasteiger partial charge is 0.311 e. The smallest absolute Gasteiger partial charge is 0.252 e. The van der Waals surface area contributed by atoms with Gasteiger partial charge in [-0.15, -0.1) is 0 Å². The normalized spacial score (nSPS) is 13.3. The molecule has 100 heavy (non-hydrogen) atoms. The van der Waals surface area contributed by atoms with Crippen LogP contribution in [0.25, 0.3) is 27.5 Å². The zero-order chi connectivity index (χ0) is 69.1. The number of fused-ring (bicyclic) bond motifs is 7. The van der Waals surface area contributed by atoms with Gasteiger partial charge in [-0.1, -0.05) is 326 Å². The highest BCUT2D eigenvalue weighted by Gasteiger charge is 2.48. The van der Waals surface area contributed by atoms with E-state index < -0.39 is 16.1 Å². The molecule has 13 aromatic carbocycles. The van der Waals surface area contributed by atoms with Crippen LogP contribution in [-0.2, 0) is 21.7 Å². The number of aromatic nitrogens is 1. The Balaban J connectivity index is 1.04. The van der Waals surface area contributed by atoms with Crippen LogP contribution in [0.5, 0.6) is 0 Å². The Labute approximate surface area is 595 Å². The number of hydrogen-bond acceptors (Lipinski definition) is 2. The van der Waals surface area contributed by atoms with E-state index in [-0.39, 0.29) is 28.4 Å². The van der Waals surface area contributed by atoms with E-state index in [1.807, 2.05) is 0 Å². The van der Waals surface area contributed by atoms with Gasteiger partial charge < -0.3 is 14.4 Å². The van der Waals surface area contributed by atoms with Crippen LogP contribution in [-0.4, -0.2) is 27.4 Å². The third kappa shape index (κ3) is 10.6. The molecular weight excluding hydrogens is 1240 g/mol. The van der Waals surface area contributed by atoms with Gasteiger partial charge >= 0.3 is 0 Å². The van der Waals surface area contributed by atoms with Gasteiger partial charge in [0.05, 0.1) is 16.7 Å². The van der Waals surface area contributed by atoms with E-state index in [1.54, 1.807) is 0 Å². The minimum absolute atomic E-state index is 0.0613. The lowest BCUT2D eigenvalue weighted by molar-refractivity contribution is 0.590. The number of anilines is 6. The van der Waals surface area contributed by atoms with Crippen LogP contribution in [0.2, 0.25) is 0 Å². The molecule has 0 bridgehead atoms. The Morgan fingerprint density at radius 2 is 0.550 bits per heavy atom. The quantitative estimate of drug-likeness (QED) is 0.0944. The molecule has 0 saturated carbocycles. The molecule has 0 amide bonds. The molecule has 2 aliphatic heterocycles. The maximum Gasteiger partial charge on any atom is 0.252 e. The maximum absolute atomic E-state index is 3.03. The second-order valence-electron chi connectivity index (χ2n) is 32.1. The predicted molar refractivity (Wildman–Crippen MR) is 437 cm³/mol. The van der Waals surface area contributed by atoms with Crippen molar-refractivity contribution < 1.29 is 0 Å². The van der Waals surface area contributed by atoms with E-state index in [0.29, 0.717) is 0 Å². The zero-order valence-corrected chi connectivity index (χ0v) is 61.9. The Hall–Kier alpha value is -10.2. The molecule has 0 saturated heterocycles. The third-order valence-electron chi connectivity index (χ3n) is 21.9. The van der Waals surface area contributed by atoms with Crippen molar-refractivity contribution in [3.63, 3.8) is 0 Å². The summed E-state index contributed by atoms with van der Waals surface area (Å²) in [6.07, 6.45) is 0. The van der Waals surface area contributed by atoms with Crippen molar-refractivity contribution in [3.05, 3.63) is 338 Å². The number of hydrogen-bond donors (Lipinski definition) is 0. The molecule has 3 heterocycles. The Morgan fingerprint density at radius 3 is 0.910 bits per heavy atom. The van der Waals surface area contributed by atoms with Gasteiger partial charge in [0.15, 0.2) is 16.1 Å². The van der Waals surface area contributed by atoms with Gasteiger partial charge in [-0.25, -0.2) is 0 Å². The van der Waals surface area contributed by atoms with Crippen LogP contribution in [0, 0.1) is 0 Å². The summed E-state index contributed by atoms with van der Waals surface area (Å²) in [5.74, 6) is 0. The lowest BCUT2D eigenvalue weighted by Gasteiger charge is -2.45. The topological polar surface area (TPSA) is 11.4 Å². The van der Waals surface area contributed by atoms with Crippen molar-refractivity contribution in [1.29, 1.82) is 0 Å². The highest BCUT2D eigenvalue weighted by Crippen LogP contribution is 2.48. The summed E-state index contributed by atoms with van der Waals surface area (Å²) in [7, 11) is -5.94. The average Bonchev–Trinajstić information content (AvgIpc) is 0.807. The van der Waals surface area contributed by atoms with Crippen molar-refractivity contribution in [2.45, 2.75) is 105 Å². The summed E-state index contributed by atoms with van der Waals surface area (Å²) in [4.78, 5) is 5.32. The Morgan fingerprint density at radius 1 is 0.240 bits per heavy atom. The third-order valence-corrected chi connectivity index (χ3v) is 31.4. The molecule has 16 rings (SSSR count). The van der Waals surface area contributed by atoms with Crippen molar-refractivity contribution in [1.82, 2.24) is 4.57 Å². The first-order chi connectivity index (χ1) is 48.1. The predicted octanol–water partition coefficient (Wildman–Crippen LogP) is 16.8. The second kappa shape index (κ2) is 24.3. The molecule has 490 valence electrons. The summed E-state index contributed by atoms with van der Waals surface area (Å²) in [6, 6.07) is 122. The molecule has 3 nitrogen and oxygen atoms in total. The van der Waals surface area contributed by atoms with Crippen LogP contribution < -0.4 is 67.7 Å². The maximum atomic E-state index is 2.67. The molecule has 14 aromatic rings. The first-order valence-corrected chi connectivity index (χ1v) is 39.8. The number of benzene rings is 13. The van der Waals surface area contributed by atoms with Crippen molar-refractivity contribution in [2.75, 3.05) is 9.80 Å². The Bertz CT molecular complexity index is 5130. The molecule has 0 N–H and O–H groups in total. The SMILES string of the molecule is CC(C)(C)c1ccc2c(c1)B1c3cc(C(C)(C)C)ccc3N(c3cccc([Si](c4ccccc4)(c4ccccc4)c4ccccc4)c3)c3cc(-n4c5ccc(C(C)(C)C)cc5c5cc(C(C)(C)C)ccc54)cc(c31)N2c1ccc([Si](c2ccccc2)(c2ccccc2)c2ccccc2)cc1. The fourth-order valence-corrected chi connectivity index (χ4v) is 26.2. The minimum Gasteiger partial charge on any atom is -0.311 e. The molecule has 2 aliphatic rings. The molecule has 0 aliphatic carbocycles. The summed E-state index contributed by atoms with van der Waals surface area (Å²) < 4.78 is 2.60. The van der Waals surface area contributed by atoms with Gasteiger partial charge in [-0.3, -0.25) is 0 Å². The van der Waals surface area contributed by atoms with Crippen LogP contribution in [0.3, 0.4) is 0 Å². The molecule has 0 radical (unpaired) electrons. The molecule has 0 atom stereocenters. The standard InChI is InChI=1S/C94H88BN3Si2/c1-91(2,3)65-46-54-84-80(58-65)81-59-66(92(4,5)6)47-55-85(81)98(84)71-63-88-90-89(64-71)97(70-32-31-45-79(62-70)100(75-39-25-16-26-40-75,76-41-27-17-28-42-76)77-43-29-18-30-44-77)87-57-49-68(94(10,11)12)61-83(87)95(90)82-60-67(93(7,8)9)48-56-86(82)96(88)69-50-52-78(53-51-69)99(72-33-19-13-20-34-72,73-35-21-14-22-36-73)74-37-23-15-24-38-74/h13-64H,1-12H3. The van der Waals surface area contributed by atoms with E-state index in [4.69, 9.17) is 0 Å². The van der Waals surface area contributed by atoms with Gasteiger partial charge in [-0.2, -0.15) is 0 Å².